The number of hydrogen-bond donors (Lipinski definition) is 0. The molecule has 0 nitrogen and oxygen atoms in total. The van der Waals surface area contributed by atoms with Gasteiger partial charge in [0.1, 0.15) is 0 Å². The van der Waals surface area contributed by atoms with E-state index >= 15 is 0 Å². The van der Waals surface area contributed by atoms with Gasteiger partial charge in [-0.1, -0.05) is 31.2 Å². The standard InChI is InChI=1S/C12H15Cl/c1-9(13)12(2)8-7-10-5-3-4-6-11(10)12/h3-6,9H,7-8H2,1-2H3. The van der Waals surface area contributed by atoms with Gasteiger partial charge in [0.05, 0.1) is 0 Å². The SMILES string of the molecule is CC(Cl)C1(C)CCc2ccccc21. The topological polar surface area (TPSA) is 0 Å². The number of fused-ring (bicyclic) bond motifs is 1. The zero-order valence-corrected chi connectivity index (χ0v) is 8.93. The normalized spacial score (nSPS) is 28.5. The average molecular weight is 195 g/mol. The number of benzene rings is 1. The van der Waals surface area contributed by atoms with Crippen molar-refractivity contribution in [2.45, 2.75) is 37.5 Å². The summed E-state index contributed by atoms with van der Waals surface area (Å²) in [5.41, 5.74) is 3.13. The van der Waals surface area contributed by atoms with Crippen molar-refractivity contribution >= 4 is 11.6 Å². The maximum absolute atomic E-state index is 6.25. The molecule has 0 aromatic heterocycles. The van der Waals surface area contributed by atoms with Crippen LogP contribution in [0.25, 0.3) is 0 Å². The number of halogens is 1. The van der Waals surface area contributed by atoms with Crippen molar-refractivity contribution in [1.82, 2.24) is 0 Å². The maximum atomic E-state index is 6.25. The van der Waals surface area contributed by atoms with Crippen LogP contribution in [-0.2, 0) is 11.8 Å². The largest absolute Gasteiger partial charge is 0.122 e. The Hall–Kier alpha value is -0.490. The Balaban J connectivity index is 2.49. The van der Waals surface area contributed by atoms with Gasteiger partial charge in [-0.3, -0.25) is 0 Å². The highest BCUT2D eigenvalue weighted by Gasteiger charge is 2.37. The molecule has 2 atom stereocenters. The Morgan fingerprint density at radius 2 is 2.08 bits per heavy atom. The second-order valence-corrected chi connectivity index (χ2v) is 4.85. The van der Waals surface area contributed by atoms with E-state index in [9.17, 15) is 0 Å². The minimum Gasteiger partial charge on any atom is -0.122 e. The average Bonchev–Trinajstić information content (AvgIpc) is 2.47. The minimum atomic E-state index is 0.193. The van der Waals surface area contributed by atoms with E-state index in [0.29, 0.717) is 0 Å². The van der Waals surface area contributed by atoms with Crippen LogP contribution < -0.4 is 0 Å². The summed E-state index contributed by atoms with van der Waals surface area (Å²) in [6.45, 7) is 4.38. The molecule has 0 amide bonds. The van der Waals surface area contributed by atoms with Gasteiger partial charge >= 0.3 is 0 Å². The first-order valence-corrected chi connectivity index (χ1v) is 5.31. The van der Waals surface area contributed by atoms with Crippen molar-refractivity contribution in [2.24, 2.45) is 0 Å². The van der Waals surface area contributed by atoms with Gasteiger partial charge in [-0.05, 0) is 30.9 Å². The van der Waals surface area contributed by atoms with E-state index < -0.39 is 0 Å². The second kappa shape index (κ2) is 3.02. The lowest BCUT2D eigenvalue weighted by molar-refractivity contribution is 0.460. The van der Waals surface area contributed by atoms with Crippen molar-refractivity contribution in [3.63, 3.8) is 0 Å². The summed E-state index contributed by atoms with van der Waals surface area (Å²) in [4.78, 5) is 0. The molecule has 1 aromatic carbocycles. The maximum Gasteiger partial charge on any atom is 0.0402 e. The fourth-order valence-corrected chi connectivity index (χ4v) is 2.46. The summed E-state index contributed by atoms with van der Waals surface area (Å²) < 4.78 is 0. The molecule has 0 fully saturated rings. The first-order valence-electron chi connectivity index (χ1n) is 4.87. The monoisotopic (exact) mass is 194 g/mol. The Morgan fingerprint density at radius 1 is 1.38 bits per heavy atom. The Labute approximate surface area is 84.9 Å². The highest BCUT2D eigenvalue weighted by Crippen LogP contribution is 2.42. The third kappa shape index (κ3) is 1.28. The summed E-state index contributed by atoms with van der Waals surface area (Å²) in [6.07, 6.45) is 2.38. The molecular weight excluding hydrogens is 180 g/mol. The molecule has 2 unspecified atom stereocenters. The molecule has 0 radical (unpaired) electrons. The van der Waals surface area contributed by atoms with Crippen molar-refractivity contribution < 1.29 is 0 Å². The van der Waals surface area contributed by atoms with Gasteiger partial charge < -0.3 is 0 Å². The molecule has 0 spiro atoms. The summed E-state index contributed by atoms with van der Waals surface area (Å²) in [5.74, 6) is 0. The molecule has 1 aliphatic carbocycles. The van der Waals surface area contributed by atoms with Crippen LogP contribution in [0.3, 0.4) is 0 Å². The highest BCUT2D eigenvalue weighted by atomic mass is 35.5. The predicted molar refractivity (Wildman–Crippen MR) is 57.4 cm³/mol. The summed E-state index contributed by atoms with van der Waals surface area (Å²) in [5, 5.41) is 0.219. The van der Waals surface area contributed by atoms with E-state index in [1.807, 2.05) is 0 Å². The van der Waals surface area contributed by atoms with E-state index in [1.54, 1.807) is 0 Å². The predicted octanol–water partition coefficient (Wildman–Crippen LogP) is 3.52. The van der Waals surface area contributed by atoms with Gasteiger partial charge in [0.2, 0.25) is 0 Å². The van der Waals surface area contributed by atoms with E-state index in [2.05, 4.69) is 38.1 Å². The summed E-state index contributed by atoms with van der Waals surface area (Å²) in [6, 6.07) is 8.67. The lowest BCUT2D eigenvalue weighted by atomic mass is 9.81. The van der Waals surface area contributed by atoms with Gasteiger partial charge in [0, 0.05) is 10.8 Å². The third-order valence-electron chi connectivity index (χ3n) is 3.42. The molecule has 0 aliphatic heterocycles. The molecule has 0 saturated carbocycles. The van der Waals surface area contributed by atoms with Crippen LogP contribution in [0.15, 0.2) is 24.3 Å². The molecule has 2 rings (SSSR count). The van der Waals surface area contributed by atoms with Crippen LogP contribution in [0.2, 0.25) is 0 Å². The molecule has 1 aliphatic rings. The summed E-state index contributed by atoms with van der Waals surface area (Å²) >= 11 is 6.25. The van der Waals surface area contributed by atoms with E-state index in [1.165, 1.54) is 24.0 Å². The lowest BCUT2D eigenvalue weighted by Crippen LogP contribution is -2.27. The molecule has 0 N–H and O–H groups in total. The zero-order chi connectivity index (χ0) is 9.47. The fourth-order valence-electron chi connectivity index (χ4n) is 2.24. The molecule has 13 heavy (non-hydrogen) atoms. The van der Waals surface area contributed by atoms with Crippen LogP contribution >= 0.6 is 11.6 Å². The highest BCUT2D eigenvalue weighted by molar-refractivity contribution is 6.21. The van der Waals surface area contributed by atoms with Crippen LogP contribution in [0.1, 0.15) is 31.4 Å². The van der Waals surface area contributed by atoms with Crippen molar-refractivity contribution in [3.8, 4) is 0 Å². The van der Waals surface area contributed by atoms with Crippen LogP contribution in [-0.4, -0.2) is 5.38 Å². The molecule has 0 saturated heterocycles. The molecule has 0 bridgehead atoms. The van der Waals surface area contributed by atoms with Crippen LogP contribution in [0, 0.1) is 0 Å². The molecule has 1 heteroatoms. The van der Waals surface area contributed by atoms with Crippen molar-refractivity contribution in [2.75, 3.05) is 0 Å². The molecular formula is C12H15Cl. The second-order valence-electron chi connectivity index (χ2n) is 4.19. The number of hydrogen-bond acceptors (Lipinski definition) is 0. The third-order valence-corrected chi connectivity index (χ3v) is 3.91. The van der Waals surface area contributed by atoms with Gasteiger partial charge in [-0.25, -0.2) is 0 Å². The van der Waals surface area contributed by atoms with E-state index in [4.69, 9.17) is 11.6 Å². The first-order chi connectivity index (χ1) is 6.14. The Kier molecular flexibility index (Phi) is 2.11. The van der Waals surface area contributed by atoms with Crippen LogP contribution in [0.4, 0.5) is 0 Å². The first kappa shape index (κ1) is 9.08. The van der Waals surface area contributed by atoms with Gasteiger partial charge in [0.15, 0.2) is 0 Å². The number of alkyl halides is 1. The lowest BCUT2D eigenvalue weighted by Gasteiger charge is -2.28. The van der Waals surface area contributed by atoms with E-state index in [0.717, 1.165) is 0 Å². The fraction of sp³-hybridized carbons (Fsp3) is 0.500. The van der Waals surface area contributed by atoms with Crippen LogP contribution in [0.5, 0.6) is 0 Å². The number of aryl methyl sites for hydroxylation is 1. The zero-order valence-electron chi connectivity index (χ0n) is 8.18. The molecule has 70 valence electrons. The van der Waals surface area contributed by atoms with Gasteiger partial charge in [0.25, 0.3) is 0 Å². The van der Waals surface area contributed by atoms with Crippen molar-refractivity contribution in [1.29, 1.82) is 0 Å². The number of rotatable bonds is 1. The quantitative estimate of drug-likeness (QED) is 0.601. The van der Waals surface area contributed by atoms with E-state index in [-0.39, 0.29) is 10.8 Å². The van der Waals surface area contributed by atoms with Gasteiger partial charge in [-0.2, -0.15) is 0 Å². The summed E-state index contributed by atoms with van der Waals surface area (Å²) in [7, 11) is 0. The minimum absolute atomic E-state index is 0.193. The smallest absolute Gasteiger partial charge is 0.0402 e. The Morgan fingerprint density at radius 3 is 2.77 bits per heavy atom. The van der Waals surface area contributed by atoms with Gasteiger partial charge in [-0.15, -0.1) is 11.6 Å². The van der Waals surface area contributed by atoms with Crippen molar-refractivity contribution in [3.05, 3.63) is 35.4 Å². The Bertz CT molecular complexity index is 317. The molecule has 0 heterocycles. The molecule has 1 aromatic rings.